The number of ketones is 6. The number of aromatic nitrogens is 4. The number of Topliss-reactive ketones (excluding diaryl/α,β-unsaturated/α-hetero) is 6. The minimum absolute atomic E-state index is 0.0864. The number of carbonyl (C=O) groups is 6. The van der Waals surface area contributed by atoms with Crippen molar-refractivity contribution in [3.05, 3.63) is 234 Å². The fraction of sp³-hybridized carbons (Fsp3) is 0.143. The van der Waals surface area contributed by atoms with Crippen molar-refractivity contribution in [2.45, 2.75) is 53.9 Å². The van der Waals surface area contributed by atoms with Crippen LogP contribution in [-0.2, 0) is 28.2 Å². The molecule has 110 heavy (non-hydrogen) atoms. The summed E-state index contributed by atoms with van der Waals surface area (Å²) in [5.41, 5.74) is 12.6. The maximum Gasteiger partial charge on any atom is 0.386 e. The average Bonchev–Trinajstić information content (AvgIpc) is 1.56. The molecule has 0 spiro atoms. The summed E-state index contributed by atoms with van der Waals surface area (Å²) in [7, 11) is 8.00. The predicted molar refractivity (Wildman–Crippen MR) is 426 cm³/mol. The zero-order chi connectivity index (χ0) is 79.0. The lowest BCUT2D eigenvalue weighted by Crippen LogP contribution is -2.07. The number of nitriles is 3. The normalized spacial score (nSPS) is 14.7. The number of halogens is 6. The molecule has 0 unspecified atom stereocenters. The largest absolute Gasteiger partial charge is 0.386 e. The zero-order valence-corrected chi connectivity index (χ0v) is 63.1. The van der Waals surface area contributed by atoms with Crippen LogP contribution in [-0.4, -0.2) is 76.7 Å². The Morgan fingerprint density at radius 3 is 0.955 bits per heavy atom. The van der Waals surface area contributed by atoms with Crippen molar-refractivity contribution in [2.24, 2.45) is 38.2 Å². The van der Waals surface area contributed by atoms with E-state index in [4.69, 9.17) is 16.6 Å². The van der Waals surface area contributed by atoms with E-state index < -0.39 is 12.4 Å². The van der Waals surface area contributed by atoms with Gasteiger partial charge in [-0.05, 0) is 71.8 Å². The number of hydrogen-bond donors (Lipinski definition) is 0. The molecule has 0 radical (unpaired) electrons. The molecule has 0 saturated carbocycles. The standard InChI is InChI=1S/C40H18N8O2S2.C36H20N2O4S2.2C2H3F3.2C2H6/c1-44-26(18-43)34-21-9-5-7-11-23(21)38(50)36(34)46-32-15-30-40(52-32)25-13-27-24(12-28(25)48(30)3)39-29(47(27)2)14-31(51-39)45-35-33(19(16-41)17-42)20-8-4-6-10-22(20)37(35)49;1-37-27-15-24-28(38(2)30-14-18(44-36(24)30)12-26-33(41)21-9-5-6-10-22(21)34(26)42)16-23(27)35-29(37)13-17(43-35)11-25-31(39)19-7-3-4-8-20(19)32(25)40;2*1-2(3,4)5;2*1-2/h4-15H,2-3H3;3-16H,1-2H3;2*1H3;2*1-2H3. The number of thiophene rings is 4. The van der Waals surface area contributed by atoms with Gasteiger partial charge in [0.15, 0.2) is 23.1 Å². The summed E-state index contributed by atoms with van der Waals surface area (Å²) in [6.45, 7) is 15.9. The summed E-state index contributed by atoms with van der Waals surface area (Å²) in [6.07, 6.45) is -4.54. The van der Waals surface area contributed by atoms with Crippen LogP contribution < -0.4 is 0 Å². The summed E-state index contributed by atoms with van der Waals surface area (Å²) in [5.74, 6) is -1.53. The van der Waals surface area contributed by atoms with Crippen molar-refractivity contribution in [1.29, 1.82) is 15.8 Å². The molecular weight excluding hydrogens is 1490 g/mol. The maximum absolute atomic E-state index is 13.5. The highest BCUT2D eigenvalue weighted by Gasteiger charge is 2.38. The molecule has 18 rings (SSSR count). The third kappa shape index (κ3) is 13.0. The van der Waals surface area contributed by atoms with Gasteiger partial charge in [-0.25, -0.2) is 20.1 Å². The van der Waals surface area contributed by atoms with Crippen LogP contribution >= 0.6 is 45.3 Å². The first-order chi connectivity index (χ1) is 52.6. The van der Waals surface area contributed by atoms with Gasteiger partial charge in [-0.2, -0.15) is 36.9 Å². The topological polar surface area (TPSA) is 223 Å². The molecule has 0 saturated heterocycles. The van der Waals surface area contributed by atoms with Crippen LogP contribution in [0.15, 0.2) is 178 Å². The van der Waals surface area contributed by atoms with E-state index in [1.807, 2.05) is 98.4 Å². The van der Waals surface area contributed by atoms with Crippen molar-refractivity contribution in [3.8, 4) is 18.2 Å². The fourth-order valence-corrected chi connectivity index (χ4v) is 18.4. The molecule has 8 heterocycles. The molecule has 26 heteroatoms. The van der Waals surface area contributed by atoms with Crippen LogP contribution in [0, 0.1) is 40.6 Å². The fourth-order valence-electron chi connectivity index (χ4n) is 13.9. The SMILES string of the molecule is CC.CC.CC(F)(F)F.CC(F)(F)F.Cn1c2cc3c4sc(C=C5C(=O)c6ccccc6C5=O)cc4n(C)c3cc2c2sc(C=C3C(=O)c4ccccc4C3=O)cc21.[C-]#[N+]C(C#N)=C1C(=Nc2cc3c(s2)c2cc4c(cc2n3C)c2sc(N=C3C(=O)c5ccccc5C3=C(C#N)C#N)cc2n4C)C(=O)c2ccccc21. The first-order valence-electron chi connectivity index (χ1n) is 33.9. The lowest BCUT2D eigenvalue weighted by Gasteiger charge is -2.02. The average molecular weight is 1540 g/mol. The molecule has 0 fully saturated rings. The second kappa shape index (κ2) is 29.1. The van der Waals surface area contributed by atoms with E-state index in [0.29, 0.717) is 54.5 Å². The van der Waals surface area contributed by atoms with Crippen molar-refractivity contribution < 1.29 is 55.1 Å². The molecule has 544 valence electrons. The van der Waals surface area contributed by atoms with Crippen LogP contribution in [0.2, 0.25) is 0 Å². The van der Waals surface area contributed by atoms with E-state index in [-0.39, 0.29) is 93.5 Å². The second-order valence-corrected chi connectivity index (χ2v) is 29.2. The highest BCUT2D eigenvalue weighted by molar-refractivity contribution is 7.24. The number of hydrogen-bond acceptors (Lipinski definition) is 15. The second-order valence-electron chi connectivity index (χ2n) is 25.0. The molecule has 4 aliphatic rings. The molecule has 14 aromatic rings. The number of aryl methyl sites for hydroxylation is 4. The first-order valence-corrected chi connectivity index (χ1v) is 37.2. The van der Waals surface area contributed by atoms with Crippen LogP contribution in [0.4, 0.5) is 36.3 Å². The number of benzene rings is 6. The number of allylic oxidation sites excluding steroid dienone is 6. The minimum Gasteiger partial charge on any atom is -0.343 e. The van der Waals surface area contributed by atoms with E-state index in [1.54, 1.807) is 132 Å². The summed E-state index contributed by atoms with van der Waals surface area (Å²) in [5, 5.41) is 34.5. The number of fused-ring (bicyclic) bond motifs is 16. The monoisotopic (exact) mass is 1540 g/mol. The van der Waals surface area contributed by atoms with Gasteiger partial charge in [-0.3, -0.25) is 28.8 Å². The van der Waals surface area contributed by atoms with Gasteiger partial charge in [0.2, 0.25) is 11.6 Å². The Morgan fingerprint density at radius 2 is 0.664 bits per heavy atom. The minimum atomic E-state index is -4.00. The number of carbonyl (C=O) groups excluding carboxylic acids is 6. The lowest BCUT2D eigenvalue weighted by molar-refractivity contribution is -0.111. The zero-order valence-electron chi connectivity index (χ0n) is 59.8. The quantitative estimate of drug-likeness (QED) is 0.0536. The van der Waals surface area contributed by atoms with E-state index in [0.717, 1.165) is 94.2 Å². The molecule has 16 nitrogen and oxygen atoms in total. The summed E-state index contributed by atoms with van der Waals surface area (Å²) in [6, 6.07) is 50.2. The third-order valence-corrected chi connectivity index (χ3v) is 22.8. The summed E-state index contributed by atoms with van der Waals surface area (Å²) < 4.78 is 74.7. The Hall–Kier alpha value is -12.8. The number of aliphatic imine (C=N–C) groups is 2. The van der Waals surface area contributed by atoms with Gasteiger partial charge in [0.25, 0.3) is 5.70 Å². The Balaban J connectivity index is 0.000000167. The van der Waals surface area contributed by atoms with Gasteiger partial charge >= 0.3 is 12.4 Å². The van der Waals surface area contributed by atoms with Crippen LogP contribution in [0.25, 0.3) is 113 Å². The smallest absolute Gasteiger partial charge is 0.343 e. The van der Waals surface area contributed by atoms with Gasteiger partial charge in [-0.15, -0.1) is 45.3 Å². The highest BCUT2D eigenvalue weighted by atomic mass is 32.1. The maximum atomic E-state index is 13.5. The molecule has 0 atom stereocenters. The first kappa shape index (κ1) is 75.4. The van der Waals surface area contributed by atoms with Gasteiger partial charge in [0, 0.05) is 118 Å². The highest BCUT2D eigenvalue weighted by Crippen LogP contribution is 2.48. The van der Waals surface area contributed by atoms with Crippen LogP contribution in [0.1, 0.15) is 125 Å². The van der Waals surface area contributed by atoms with Gasteiger partial charge < -0.3 is 18.3 Å². The number of nitrogens with zero attached hydrogens (tertiary/aromatic N) is 10. The van der Waals surface area contributed by atoms with Crippen molar-refractivity contribution in [2.75, 3.05) is 0 Å². The van der Waals surface area contributed by atoms with Gasteiger partial charge in [0.1, 0.15) is 39.1 Å². The van der Waals surface area contributed by atoms with Gasteiger partial charge in [0.05, 0.1) is 86.7 Å². The Kier molecular flexibility index (Phi) is 19.9. The molecule has 8 aromatic heterocycles. The van der Waals surface area contributed by atoms with E-state index >= 15 is 0 Å². The van der Waals surface area contributed by atoms with E-state index in [1.165, 1.54) is 22.7 Å². The molecule has 0 aliphatic heterocycles. The van der Waals surface area contributed by atoms with Crippen LogP contribution in [0.3, 0.4) is 0 Å². The Bertz CT molecular complexity index is 6300. The van der Waals surface area contributed by atoms with Crippen molar-refractivity contribution >= 4 is 209 Å². The van der Waals surface area contributed by atoms with Crippen LogP contribution in [0.5, 0.6) is 0 Å². The summed E-state index contributed by atoms with van der Waals surface area (Å²) in [4.78, 5) is 93.4. The Morgan fingerprint density at radius 1 is 0.400 bits per heavy atom. The number of rotatable bonds is 4. The third-order valence-electron chi connectivity index (χ3n) is 18.5. The Labute approximate surface area is 638 Å². The van der Waals surface area contributed by atoms with E-state index in [9.17, 15) is 70.9 Å². The van der Waals surface area contributed by atoms with Crippen molar-refractivity contribution in [1.82, 2.24) is 18.3 Å². The molecular formula is C84H56F6N10O6S4. The molecule has 0 amide bonds. The lowest BCUT2D eigenvalue weighted by atomic mass is 10.0. The number of alkyl halides is 6. The predicted octanol–water partition coefficient (Wildman–Crippen LogP) is 22.2. The molecule has 0 N–H and O–H groups in total. The molecule has 6 aromatic carbocycles. The van der Waals surface area contributed by atoms with Gasteiger partial charge in [-0.1, -0.05) is 125 Å². The van der Waals surface area contributed by atoms with Crippen molar-refractivity contribution in [3.63, 3.8) is 0 Å². The van der Waals surface area contributed by atoms with E-state index in [2.05, 4.69) is 47.4 Å². The summed E-state index contributed by atoms with van der Waals surface area (Å²) >= 11 is 6.03. The molecule has 0 bridgehead atoms. The molecule has 4 aliphatic carbocycles.